The van der Waals surface area contributed by atoms with Crippen LogP contribution < -0.4 is 0 Å². The lowest BCUT2D eigenvalue weighted by Crippen LogP contribution is -2.18. The number of hydrogen-bond acceptors (Lipinski definition) is 3. The van der Waals surface area contributed by atoms with Crippen molar-refractivity contribution in [2.24, 2.45) is 0 Å². The first kappa shape index (κ1) is 6.39. The first-order valence-corrected chi connectivity index (χ1v) is 1.64. The molecule has 0 aliphatic heterocycles. The van der Waals surface area contributed by atoms with Gasteiger partial charge in [-0.1, -0.05) is 0 Å². The van der Waals surface area contributed by atoms with Crippen LogP contribution in [0.4, 0.5) is 0 Å². The quantitative estimate of drug-likeness (QED) is 0.224. The molecule has 0 heterocycles. The second-order valence-corrected chi connectivity index (χ2v) is 0.909. The second kappa shape index (κ2) is 3.58. The summed E-state index contributed by atoms with van der Waals surface area (Å²) in [4.78, 5) is 9.37. The summed E-state index contributed by atoms with van der Waals surface area (Å²) >= 11 is 0. The Labute approximate surface area is 41.3 Å². The summed E-state index contributed by atoms with van der Waals surface area (Å²) in [6.45, 7) is -0.135. The molecule has 0 aliphatic rings. The largest absolute Gasteiger partial charge is 0.362 e. The summed E-state index contributed by atoms with van der Waals surface area (Å²) in [5.74, 6) is 0. The number of amides is 1. The monoisotopic (exact) mass is 104 g/mol. The molecule has 7 heavy (non-hydrogen) atoms. The lowest BCUT2D eigenvalue weighted by atomic mass is 11.1. The Bertz CT molecular complexity index is 56.1. The molecule has 0 spiro atoms. The molecule has 0 rings (SSSR count). The first-order chi connectivity index (χ1) is 3.31. The van der Waals surface area contributed by atoms with Gasteiger partial charge >= 0.3 is 6.41 Å². The average molecular weight is 104 g/mol. The van der Waals surface area contributed by atoms with Gasteiger partial charge in [-0.05, 0) is 0 Å². The maximum atomic E-state index is 9.37. The molecule has 4 nitrogen and oxygen atoms in total. The molecule has 4 heteroatoms. The van der Waals surface area contributed by atoms with E-state index in [0.29, 0.717) is 0 Å². The molecular formula is C3H6NO3. The highest BCUT2D eigenvalue weighted by Crippen LogP contribution is 1.70. The van der Waals surface area contributed by atoms with E-state index in [1.807, 2.05) is 0 Å². The van der Waals surface area contributed by atoms with Crippen molar-refractivity contribution in [3.63, 3.8) is 0 Å². The number of ether oxygens (including phenoxy) is 1. The Morgan fingerprint density at radius 2 is 2.57 bits per heavy atom. The molecule has 0 saturated carbocycles. The van der Waals surface area contributed by atoms with Gasteiger partial charge in [0.05, 0.1) is 0 Å². The predicted molar refractivity (Wildman–Crippen MR) is 21.2 cm³/mol. The van der Waals surface area contributed by atoms with Gasteiger partial charge in [-0.25, -0.2) is 0 Å². The third kappa shape index (κ3) is 3.21. The third-order valence-electron chi connectivity index (χ3n) is 0.357. The Morgan fingerprint density at radius 1 is 2.00 bits per heavy atom. The highest BCUT2D eigenvalue weighted by Gasteiger charge is 1.89. The molecule has 41 valence electrons. The van der Waals surface area contributed by atoms with Crippen LogP contribution in [-0.2, 0) is 9.53 Å². The van der Waals surface area contributed by atoms with Crippen LogP contribution in [0.1, 0.15) is 0 Å². The number of carbonyl (C=O) groups excluding carboxylic acids is 1. The van der Waals surface area contributed by atoms with Crippen molar-refractivity contribution in [3.05, 3.63) is 0 Å². The number of hydroxylamine groups is 2. The van der Waals surface area contributed by atoms with Crippen LogP contribution in [0.15, 0.2) is 0 Å². The van der Waals surface area contributed by atoms with Gasteiger partial charge in [0.1, 0.15) is 6.73 Å². The highest BCUT2D eigenvalue weighted by atomic mass is 16.6. The zero-order valence-electron chi connectivity index (χ0n) is 3.92. The second-order valence-electron chi connectivity index (χ2n) is 0.909. The van der Waals surface area contributed by atoms with E-state index in [0.717, 1.165) is 0 Å². The zero-order chi connectivity index (χ0) is 5.70. The van der Waals surface area contributed by atoms with Crippen molar-refractivity contribution in [1.82, 2.24) is 5.06 Å². The molecule has 0 aromatic heterocycles. The van der Waals surface area contributed by atoms with Gasteiger partial charge in [-0.3, -0.25) is 10.0 Å². The summed E-state index contributed by atoms with van der Waals surface area (Å²) in [6.07, 6.45) is 1.18. The van der Waals surface area contributed by atoms with Gasteiger partial charge in [0.2, 0.25) is 0 Å². The summed E-state index contributed by atoms with van der Waals surface area (Å²) in [5, 5.41) is 8.42. The van der Waals surface area contributed by atoms with Crippen LogP contribution in [0, 0.1) is 0 Å². The minimum absolute atomic E-state index is 0.135. The van der Waals surface area contributed by atoms with Crippen LogP contribution in [0.25, 0.3) is 0 Å². The SMILES string of the molecule is COCN(O)[C]=O. The summed E-state index contributed by atoms with van der Waals surface area (Å²) in [7, 11) is 1.36. The number of methoxy groups -OCH3 is 1. The molecule has 1 amide bonds. The summed E-state index contributed by atoms with van der Waals surface area (Å²) in [6, 6.07) is 0. The van der Waals surface area contributed by atoms with Gasteiger partial charge in [-0.15, -0.1) is 0 Å². The van der Waals surface area contributed by atoms with Gasteiger partial charge in [0.25, 0.3) is 0 Å². The van der Waals surface area contributed by atoms with E-state index in [1.54, 1.807) is 0 Å². The molecule has 1 radical (unpaired) electrons. The molecule has 0 aromatic carbocycles. The predicted octanol–water partition coefficient (Wildman–Crippen LogP) is -0.651. The molecule has 1 N–H and O–H groups in total. The van der Waals surface area contributed by atoms with Crippen molar-refractivity contribution in [1.29, 1.82) is 0 Å². The minimum Gasteiger partial charge on any atom is -0.362 e. The molecule has 0 atom stereocenters. The molecule has 0 unspecified atom stereocenters. The van der Waals surface area contributed by atoms with E-state index < -0.39 is 0 Å². The maximum Gasteiger partial charge on any atom is 0.339 e. The van der Waals surface area contributed by atoms with Crippen LogP contribution in [0.5, 0.6) is 0 Å². The molecule has 0 fully saturated rings. The fourth-order valence-corrected chi connectivity index (χ4v) is 0.149. The van der Waals surface area contributed by atoms with Gasteiger partial charge in [0, 0.05) is 7.11 Å². The number of rotatable bonds is 3. The Kier molecular flexibility index (Phi) is 3.26. The van der Waals surface area contributed by atoms with E-state index in [1.165, 1.54) is 13.5 Å². The maximum absolute atomic E-state index is 9.37. The van der Waals surface area contributed by atoms with Crippen LogP contribution in [-0.4, -0.2) is 30.5 Å². The van der Waals surface area contributed by atoms with Crippen LogP contribution in [0.2, 0.25) is 0 Å². The van der Waals surface area contributed by atoms with E-state index >= 15 is 0 Å². The molecular weight excluding hydrogens is 98.0 g/mol. The average Bonchev–Trinajstić information content (AvgIpc) is 1.68. The number of hydrogen-bond donors (Lipinski definition) is 1. The molecule has 0 aliphatic carbocycles. The van der Waals surface area contributed by atoms with E-state index in [2.05, 4.69) is 4.74 Å². The van der Waals surface area contributed by atoms with Crippen molar-refractivity contribution in [2.75, 3.05) is 13.8 Å². The van der Waals surface area contributed by atoms with E-state index in [4.69, 9.17) is 5.21 Å². The van der Waals surface area contributed by atoms with Gasteiger partial charge in [0.15, 0.2) is 0 Å². The zero-order valence-corrected chi connectivity index (χ0v) is 3.92. The highest BCUT2D eigenvalue weighted by molar-refractivity contribution is 5.45. The Morgan fingerprint density at radius 3 is 2.71 bits per heavy atom. The lowest BCUT2D eigenvalue weighted by Gasteiger charge is -2.01. The minimum atomic E-state index is -0.135. The normalized spacial score (nSPS) is 8.29. The van der Waals surface area contributed by atoms with Crippen LogP contribution in [0.3, 0.4) is 0 Å². The van der Waals surface area contributed by atoms with Crippen LogP contribution >= 0.6 is 0 Å². The van der Waals surface area contributed by atoms with E-state index in [-0.39, 0.29) is 11.8 Å². The third-order valence-corrected chi connectivity index (χ3v) is 0.357. The van der Waals surface area contributed by atoms with Gasteiger partial charge in [-0.2, -0.15) is 5.06 Å². The van der Waals surface area contributed by atoms with Crippen molar-refractivity contribution in [3.8, 4) is 0 Å². The standard InChI is InChI=1S/C3H6NO3/c1-7-3-4(6)2-5/h6H,3H2,1H3. The molecule has 0 aromatic rings. The topological polar surface area (TPSA) is 49.8 Å². The lowest BCUT2D eigenvalue weighted by molar-refractivity contribution is -0.0906. The molecule has 0 saturated heterocycles. The fourth-order valence-electron chi connectivity index (χ4n) is 0.149. The Hall–Kier alpha value is -0.610. The summed E-state index contributed by atoms with van der Waals surface area (Å²) in [5.41, 5.74) is 0. The fraction of sp³-hybridized carbons (Fsp3) is 0.667. The van der Waals surface area contributed by atoms with E-state index in [9.17, 15) is 4.79 Å². The summed E-state index contributed by atoms with van der Waals surface area (Å²) < 4.78 is 4.31. The van der Waals surface area contributed by atoms with Gasteiger partial charge < -0.3 is 4.74 Å². The van der Waals surface area contributed by atoms with Crippen molar-refractivity contribution < 1.29 is 14.7 Å². The number of nitrogens with zero attached hydrogens (tertiary/aromatic N) is 1. The molecule has 0 bridgehead atoms. The smallest absolute Gasteiger partial charge is 0.339 e. The Balaban J connectivity index is 2.98. The first-order valence-electron chi connectivity index (χ1n) is 1.64. The van der Waals surface area contributed by atoms with Crippen molar-refractivity contribution in [2.45, 2.75) is 0 Å². The van der Waals surface area contributed by atoms with Crippen molar-refractivity contribution >= 4 is 6.41 Å².